The standard InChI is InChI=1S/C11H7F3N2O2S/c12-5-1-4(2-6(13)8(5)14)10-16-7(3-19-10)9(15)11(17)18/h1-3,9H,15H2,(H,17,18). The molecule has 0 bridgehead atoms. The molecule has 8 heteroatoms. The van der Waals surface area contributed by atoms with Gasteiger partial charge in [0.1, 0.15) is 11.0 Å². The second kappa shape index (κ2) is 4.98. The van der Waals surface area contributed by atoms with Gasteiger partial charge in [-0.15, -0.1) is 11.3 Å². The highest BCUT2D eigenvalue weighted by Gasteiger charge is 2.19. The Kier molecular flexibility index (Phi) is 3.54. The second-order valence-electron chi connectivity index (χ2n) is 3.65. The molecular weight excluding hydrogens is 281 g/mol. The number of nitrogens with zero attached hydrogens (tertiary/aromatic N) is 1. The molecule has 0 fully saturated rings. The van der Waals surface area contributed by atoms with Gasteiger partial charge >= 0.3 is 5.97 Å². The average Bonchev–Trinajstić information content (AvgIpc) is 2.83. The fourth-order valence-electron chi connectivity index (χ4n) is 1.37. The van der Waals surface area contributed by atoms with Crippen LogP contribution in [0.2, 0.25) is 0 Å². The van der Waals surface area contributed by atoms with E-state index in [0.717, 1.165) is 23.5 Å². The Hall–Kier alpha value is -1.93. The molecule has 0 aliphatic heterocycles. The first-order chi connectivity index (χ1) is 8.90. The third-order valence-electron chi connectivity index (χ3n) is 2.34. The first-order valence-corrected chi connectivity index (χ1v) is 5.87. The molecule has 0 saturated heterocycles. The third-order valence-corrected chi connectivity index (χ3v) is 3.25. The van der Waals surface area contributed by atoms with Crippen LogP contribution in [0, 0.1) is 17.5 Å². The Bertz CT molecular complexity index is 622. The molecule has 3 N–H and O–H groups in total. The van der Waals surface area contributed by atoms with Crippen molar-refractivity contribution in [2.75, 3.05) is 0 Å². The van der Waals surface area contributed by atoms with Crippen LogP contribution in [0.25, 0.3) is 10.6 Å². The summed E-state index contributed by atoms with van der Waals surface area (Å²) in [5, 5.41) is 10.2. The molecule has 19 heavy (non-hydrogen) atoms. The smallest absolute Gasteiger partial charge is 0.326 e. The maximum atomic E-state index is 13.1. The van der Waals surface area contributed by atoms with Crippen LogP contribution in [-0.4, -0.2) is 16.1 Å². The number of carboxylic acid groups (broad SMARTS) is 1. The molecule has 100 valence electrons. The van der Waals surface area contributed by atoms with E-state index in [-0.39, 0.29) is 16.3 Å². The lowest BCUT2D eigenvalue weighted by Gasteiger charge is -2.01. The van der Waals surface area contributed by atoms with Crippen molar-refractivity contribution in [3.63, 3.8) is 0 Å². The van der Waals surface area contributed by atoms with E-state index >= 15 is 0 Å². The summed E-state index contributed by atoms with van der Waals surface area (Å²) >= 11 is 0.961. The first kappa shape index (κ1) is 13.5. The van der Waals surface area contributed by atoms with Gasteiger partial charge in [0, 0.05) is 10.9 Å². The number of aromatic nitrogens is 1. The zero-order valence-corrected chi connectivity index (χ0v) is 10.0. The summed E-state index contributed by atoms with van der Waals surface area (Å²) in [6.45, 7) is 0. The van der Waals surface area contributed by atoms with E-state index in [4.69, 9.17) is 10.8 Å². The molecule has 4 nitrogen and oxygen atoms in total. The lowest BCUT2D eigenvalue weighted by Crippen LogP contribution is -2.20. The molecule has 1 unspecified atom stereocenters. The van der Waals surface area contributed by atoms with E-state index in [9.17, 15) is 18.0 Å². The minimum Gasteiger partial charge on any atom is -0.480 e. The predicted octanol–water partition coefficient (Wildman–Crippen LogP) is 2.31. The highest BCUT2D eigenvalue weighted by atomic mass is 32.1. The van der Waals surface area contributed by atoms with E-state index in [1.807, 2.05) is 0 Å². The number of hydrogen-bond donors (Lipinski definition) is 2. The molecule has 0 aliphatic carbocycles. The maximum absolute atomic E-state index is 13.1. The molecule has 0 radical (unpaired) electrons. The Morgan fingerprint density at radius 2 is 1.89 bits per heavy atom. The van der Waals surface area contributed by atoms with Crippen molar-refractivity contribution in [1.29, 1.82) is 0 Å². The summed E-state index contributed by atoms with van der Waals surface area (Å²) < 4.78 is 38.9. The van der Waals surface area contributed by atoms with Crippen molar-refractivity contribution in [3.8, 4) is 10.6 Å². The fraction of sp³-hybridized carbons (Fsp3) is 0.0909. The van der Waals surface area contributed by atoms with E-state index in [2.05, 4.69) is 4.98 Å². The summed E-state index contributed by atoms with van der Waals surface area (Å²) in [5.74, 6) is -5.51. The quantitative estimate of drug-likeness (QED) is 0.850. The SMILES string of the molecule is NC(C(=O)O)c1csc(-c2cc(F)c(F)c(F)c2)n1. The second-order valence-corrected chi connectivity index (χ2v) is 4.51. The largest absolute Gasteiger partial charge is 0.480 e. The monoisotopic (exact) mass is 288 g/mol. The normalized spacial score (nSPS) is 12.4. The number of aliphatic carboxylic acids is 1. The lowest BCUT2D eigenvalue weighted by molar-refractivity contribution is -0.138. The minimum absolute atomic E-state index is 0.0187. The molecule has 1 heterocycles. The molecule has 1 atom stereocenters. The molecule has 1 aromatic carbocycles. The van der Waals surface area contributed by atoms with Gasteiger partial charge in [-0.1, -0.05) is 0 Å². The summed E-state index contributed by atoms with van der Waals surface area (Å²) in [6.07, 6.45) is 0. The topological polar surface area (TPSA) is 76.2 Å². The van der Waals surface area contributed by atoms with Crippen molar-refractivity contribution >= 4 is 17.3 Å². The summed E-state index contributed by atoms with van der Waals surface area (Å²) in [7, 11) is 0. The Morgan fingerprint density at radius 3 is 2.42 bits per heavy atom. The van der Waals surface area contributed by atoms with Gasteiger partial charge in [-0.05, 0) is 12.1 Å². The number of nitrogens with two attached hydrogens (primary N) is 1. The Morgan fingerprint density at radius 1 is 1.32 bits per heavy atom. The zero-order valence-electron chi connectivity index (χ0n) is 9.23. The molecular formula is C11H7F3N2O2S. The highest BCUT2D eigenvalue weighted by Crippen LogP contribution is 2.28. The van der Waals surface area contributed by atoms with Gasteiger partial charge in [0.15, 0.2) is 17.5 Å². The van der Waals surface area contributed by atoms with Crippen LogP contribution < -0.4 is 5.73 Å². The van der Waals surface area contributed by atoms with Gasteiger partial charge in [-0.25, -0.2) is 18.2 Å². The number of carbonyl (C=O) groups is 1. The molecule has 1 aromatic heterocycles. The van der Waals surface area contributed by atoms with Gasteiger partial charge in [0.25, 0.3) is 0 Å². The van der Waals surface area contributed by atoms with Crippen LogP contribution in [0.4, 0.5) is 13.2 Å². The van der Waals surface area contributed by atoms with Crippen LogP contribution in [0.5, 0.6) is 0 Å². The van der Waals surface area contributed by atoms with Crippen LogP contribution >= 0.6 is 11.3 Å². The van der Waals surface area contributed by atoms with Crippen molar-refractivity contribution in [2.24, 2.45) is 5.73 Å². The number of carboxylic acids is 1. The van der Waals surface area contributed by atoms with Crippen molar-refractivity contribution < 1.29 is 23.1 Å². The minimum atomic E-state index is -1.57. The number of hydrogen-bond acceptors (Lipinski definition) is 4. The maximum Gasteiger partial charge on any atom is 0.326 e. The number of benzene rings is 1. The van der Waals surface area contributed by atoms with Crippen molar-refractivity contribution in [2.45, 2.75) is 6.04 Å². The van der Waals surface area contributed by atoms with E-state index < -0.39 is 29.5 Å². The van der Waals surface area contributed by atoms with Gasteiger partial charge in [-0.2, -0.15) is 0 Å². The van der Waals surface area contributed by atoms with Gasteiger partial charge in [0.05, 0.1) is 5.69 Å². The fourth-order valence-corrected chi connectivity index (χ4v) is 2.21. The van der Waals surface area contributed by atoms with Crippen LogP contribution in [0.3, 0.4) is 0 Å². The predicted molar refractivity (Wildman–Crippen MR) is 62.0 cm³/mol. The first-order valence-electron chi connectivity index (χ1n) is 4.99. The van der Waals surface area contributed by atoms with Crippen LogP contribution in [0.1, 0.15) is 11.7 Å². The van der Waals surface area contributed by atoms with Gasteiger partial charge in [0.2, 0.25) is 0 Å². The Balaban J connectivity index is 2.41. The molecule has 0 saturated carbocycles. The van der Waals surface area contributed by atoms with Gasteiger partial charge in [-0.3, -0.25) is 4.79 Å². The number of halogens is 3. The molecule has 0 amide bonds. The van der Waals surface area contributed by atoms with E-state index in [1.54, 1.807) is 0 Å². The molecule has 2 aromatic rings. The molecule has 2 rings (SSSR count). The third kappa shape index (κ3) is 2.59. The molecule has 0 spiro atoms. The van der Waals surface area contributed by atoms with Crippen molar-refractivity contribution in [3.05, 3.63) is 40.7 Å². The number of thiazole rings is 1. The summed E-state index contributed by atoms with van der Waals surface area (Å²) in [6, 6.07) is 0.251. The average molecular weight is 288 g/mol. The van der Waals surface area contributed by atoms with Crippen LogP contribution in [0.15, 0.2) is 17.5 Å². The van der Waals surface area contributed by atoms with E-state index in [0.29, 0.717) is 0 Å². The summed E-state index contributed by atoms with van der Waals surface area (Å²) in [4.78, 5) is 14.5. The van der Waals surface area contributed by atoms with E-state index in [1.165, 1.54) is 5.38 Å². The Labute approximate surface area is 109 Å². The lowest BCUT2D eigenvalue weighted by atomic mass is 10.2. The summed E-state index contributed by atoms with van der Waals surface area (Å²) in [5.41, 5.74) is 5.44. The highest BCUT2D eigenvalue weighted by molar-refractivity contribution is 7.13. The van der Waals surface area contributed by atoms with Crippen LogP contribution in [-0.2, 0) is 4.79 Å². The molecule has 0 aliphatic rings. The van der Waals surface area contributed by atoms with Gasteiger partial charge < -0.3 is 10.8 Å². The van der Waals surface area contributed by atoms with Crippen molar-refractivity contribution in [1.82, 2.24) is 4.98 Å². The number of rotatable bonds is 3. The zero-order chi connectivity index (χ0) is 14.2.